The molecule has 4 N–H and O–H groups in total. The molecule has 1 aromatic carbocycles. The molecule has 4 nitrogen and oxygen atoms in total. The van der Waals surface area contributed by atoms with Gasteiger partial charge in [-0.05, 0) is 24.6 Å². The molecule has 0 aliphatic heterocycles. The topological polar surface area (TPSA) is 75.4 Å². The third kappa shape index (κ3) is 4.46. The third-order valence-corrected chi connectivity index (χ3v) is 1.93. The lowest BCUT2D eigenvalue weighted by Gasteiger charge is -2.07. The maximum atomic E-state index is 11.3. The van der Waals surface area contributed by atoms with Crippen LogP contribution < -0.4 is 11.1 Å². The predicted molar refractivity (Wildman–Crippen MR) is 58.2 cm³/mol. The van der Waals surface area contributed by atoms with Crippen molar-refractivity contribution in [3.63, 3.8) is 0 Å². The highest BCUT2D eigenvalue weighted by Gasteiger charge is 2.04. The lowest BCUT2D eigenvalue weighted by molar-refractivity contribution is -0.121. The summed E-state index contributed by atoms with van der Waals surface area (Å²) in [6.45, 7) is 2.26. The van der Waals surface area contributed by atoms with Crippen LogP contribution in [0.5, 0.6) is 5.75 Å². The van der Waals surface area contributed by atoms with E-state index in [0.717, 1.165) is 5.56 Å². The summed E-state index contributed by atoms with van der Waals surface area (Å²) >= 11 is 0. The zero-order valence-corrected chi connectivity index (χ0v) is 8.73. The Morgan fingerprint density at radius 2 is 2.07 bits per heavy atom. The highest BCUT2D eigenvalue weighted by atomic mass is 16.3. The minimum Gasteiger partial charge on any atom is -0.508 e. The molecule has 0 spiro atoms. The van der Waals surface area contributed by atoms with Crippen LogP contribution >= 0.6 is 0 Å². The third-order valence-electron chi connectivity index (χ3n) is 1.93. The van der Waals surface area contributed by atoms with Gasteiger partial charge in [-0.3, -0.25) is 4.79 Å². The van der Waals surface area contributed by atoms with Crippen LogP contribution in [0.2, 0.25) is 0 Å². The van der Waals surface area contributed by atoms with Crippen LogP contribution in [0.3, 0.4) is 0 Å². The Bertz CT molecular complexity index is 320. The van der Waals surface area contributed by atoms with Crippen LogP contribution in [-0.4, -0.2) is 17.1 Å². The number of aromatic hydroxyl groups is 1. The molecular formula is C11H16N2O2. The van der Waals surface area contributed by atoms with Gasteiger partial charge in [-0.1, -0.05) is 12.1 Å². The Morgan fingerprint density at radius 3 is 2.60 bits per heavy atom. The van der Waals surface area contributed by atoms with E-state index in [9.17, 15) is 4.79 Å². The molecule has 0 fully saturated rings. The Kier molecular flexibility index (Phi) is 4.12. The molecule has 0 aliphatic carbocycles. The van der Waals surface area contributed by atoms with E-state index in [1.807, 2.05) is 0 Å². The van der Waals surface area contributed by atoms with E-state index < -0.39 is 0 Å². The van der Waals surface area contributed by atoms with E-state index >= 15 is 0 Å². The molecule has 1 amide bonds. The van der Waals surface area contributed by atoms with Crippen LogP contribution in [-0.2, 0) is 11.3 Å². The summed E-state index contributed by atoms with van der Waals surface area (Å²) in [5.74, 6) is 0.165. The predicted octanol–water partition coefficient (Wildman–Crippen LogP) is 0.746. The van der Waals surface area contributed by atoms with Gasteiger partial charge in [0.05, 0.1) is 0 Å². The Hall–Kier alpha value is -1.55. The second-order valence-electron chi connectivity index (χ2n) is 3.62. The number of carbonyl (C=O) groups excluding carboxylic acids is 1. The molecule has 1 aromatic rings. The first-order chi connectivity index (χ1) is 7.08. The summed E-state index contributed by atoms with van der Waals surface area (Å²) in [5.41, 5.74) is 6.44. The minimum atomic E-state index is -0.121. The molecule has 0 saturated carbocycles. The average molecular weight is 208 g/mol. The first kappa shape index (κ1) is 11.5. The summed E-state index contributed by atoms with van der Waals surface area (Å²) in [5, 5.41) is 11.8. The van der Waals surface area contributed by atoms with Gasteiger partial charge in [-0.25, -0.2) is 0 Å². The van der Waals surface area contributed by atoms with Crippen molar-refractivity contribution in [3.05, 3.63) is 29.8 Å². The van der Waals surface area contributed by atoms with Gasteiger partial charge < -0.3 is 16.2 Å². The van der Waals surface area contributed by atoms with E-state index in [0.29, 0.717) is 13.0 Å². The monoisotopic (exact) mass is 208 g/mol. The van der Waals surface area contributed by atoms with Crippen LogP contribution in [0.4, 0.5) is 0 Å². The standard InChI is InChI=1S/C11H16N2O2/c1-8(12)6-11(15)13-7-9-2-4-10(14)5-3-9/h2-5,8,14H,6-7,12H2,1H3,(H,13,15). The molecule has 0 aliphatic rings. The number of phenolic OH excluding ortho intramolecular Hbond substituents is 1. The Labute approximate surface area is 89.1 Å². The summed E-state index contributed by atoms with van der Waals surface area (Å²) in [7, 11) is 0. The van der Waals surface area contributed by atoms with Crippen LogP contribution in [0.25, 0.3) is 0 Å². The Morgan fingerprint density at radius 1 is 1.47 bits per heavy atom. The van der Waals surface area contributed by atoms with Gasteiger partial charge in [0, 0.05) is 19.0 Å². The maximum absolute atomic E-state index is 11.3. The van der Waals surface area contributed by atoms with Crippen molar-refractivity contribution in [3.8, 4) is 5.75 Å². The van der Waals surface area contributed by atoms with E-state index in [1.165, 1.54) is 0 Å². The van der Waals surface area contributed by atoms with Gasteiger partial charge in [0.1, 0.15) is 5.75 Å². The van der Waals surface area contributed by atoms with Crippen LogP contribution in [0, 0.1) is 0 Å². The van der Waals surface area contributed by atoms with Crippen molar-refractivity contribution in [2.75, 3.05) is 0 Å². The van der Waals surface area contributed by atoms with Gasteiger partial charge >= 0.3 is 0 Å². The molecule has 0 heterocycles. The molecule has 0 saturated heterocycles. The van der Waals surface area contributed by atoms with Gasteiger partial charge in [0.2, 0.25) is 5.91 Å². The summed E-state index contributed by atoms with van der Waals surface area (Å²) < 4.78 is 0. The number of hydrogen-bond donors (Lipinski definition) is 3. The lowest BCUT2D eigenvalue weighted by Crippen LogP contribution is -2.29. The van der Waals surface area contributed by atoms with E-state index in [1.54, 1.807) is 31.2 Å². The molecule has 0 aromatic heterocycles. The number of amides is 1. The fraction of sp³-hybridized carbons (Fsp3) is 0.364. The molecule has 0 bridgehead atoms. The van der Waals surface area contributed by atoms with Crippen molar-refractivity contribution in [1.82, 2.24) is 5.32 Å². The molecule has 1 atom stereocenters. The molecule has 1 unspecified atom stereocenters. The van der Waals surface area contributed by atoms with Crippen molar-refractivity contribution in [2.24, 2.45) is 5.73 Å². The number of hydrogen-bond acceptors (Lipinski definition) is 3. The molecule has 0 radical (unpaired) electrons. The fourth-order valence-electron chi connectivity index (χ4n) is 1.18. The maximum Gasteiger partial charge on any atom is 0.221 e. The zero-order valence-electron chi connectivity index (χ0n) is 8.73. The van der Waals surface area contributed by atoms with Gasteiger partial charge in [-0.2, -0.15) is 0 Å². The molecule has 1 rings (SSSR count). The number of rotatable bonds is 4. The van der Waals surface area contributed by atoms with Crippen LogP contribution in [0.1, 0.15) is 18.9 Å². The number of phenols is 1. The van der Waals surface area contributed by atoms with Crippen molar-refractivity contribution in [1.29, 1.82) is 0 Å². The van der Waals surface area contributed by atoms with Crippen LogP contribution in [0.15, 0.2) is 24.3 Å². The number of nitrogens with two attached hydrogens (primary N) is 1. The van der Waals surface area contributed by atoms with E-state index in [4.69, 9.17) is 10.8 Å². The Balaban J connectivity index is 2.37. The minimum absolute atomic E-state index is 0.0573. The highest BCUT2D eigenvalue weighted by Crippen LogP contribution is 2.09. The number of benzene rings is 1. The molecule has 15 heavy (non-hydrogen) atoms. The SMILES string of the molecule is CC(N)CC(=O)NCc1ccc(O)cc1. The second-order valence-corrected chi connectivity index (χ2v) is 3.62. The van der Waals surface area contributed by atoms with Crippen molar-refractivity contribution in [2.45, 2.75) is 25.9 Å². The quantitative estimate of drug-likeness (QED) is 0.683. The smallest absolute Gasteiger partial charge is 0.221 e. The molecule has 4 heteroatoms. The summed E-state index contributed by atoms with van der Waals surface area (Å²) in [6, 6.07) is 6.59. The number of nitrogens with one attached hydrogen (secondary N) is 1. The zero-order chi connectivity index (χ0) is 11.3. The first-order valence-corrected chi connectivity index (χ1v) is 4.88. The van der Waals surface area contributed by atoms with Crippen molar-refractivity contribution < 1.29 is 9.90 Å². The fourth-order valence-corrected chi connectivity index (χ4v) is 1.18. The van der Waals surface area contributed by atoms with Gasteiger partial charge in [0.15, 0.2) is 0 Å². The summed E-state index contributed by atoms with van der Waals surface area (Å²) in [6.07, 6.45) is 0.331. The normalized spacial score (nSPS) is 12.1. The van der Waals surface area contributed by atoms with Crippen molar-refractivity contribution >= 4 is 5.91 Å². The summed E-state index contributed by atoms with van der Waals surface area (Å²) in [4.78, 5) is 11.3. The van der Waals surface area contributed by atoms with Gasteiger partial charge in [0.25, 0.3) is 0 Å². The van der Waals surface area contributed by atoms with E-state index in [2.05, 4.69) is 5.32 Å². The molecular weight excluding hydrogens is 192 g/mol. The first-order valence-electron chi connectivity index (χ1n) is 4.88. The second kappa shape index (κ2) is 5.36. The lowest BCUT2D eigenvalue weighted by atomic mass is 10.2. The van der Waals surface area contributed by atoms with Gasteiger partial charge in [-0.15, -0.1) is 0 Å². The largest absolute Gasteiger partial charge is 0.508 e. The van der Waals surface area contributed by atoms with E-state index in [-0.39, 0.29) is 17.7 Å². The average Bonchev–Trinajstić information content (AvgIpc) is 2.16. The number of carbonyl (C=O) groups is 1. The molecule has 82 valence electrons. The highest BCUT2D eigenvalue weighted by molar-refractivity contribution is 5.76.